The van der Waals surface area contributed by atoms with Gasteiger partial charge in [0.1, 0.15) is 11.4 Å². The molecule has 2 heterocycles. The molecule has 1 saturated heterocycles. The third-order valence-corrected chi connectivity index (χ3v) is 4.48. The van der Waals surface area contributed by atoms with E-state index in [1.165, 1.54) is 0 Å². The fourth-order valence-electron chi connectivity index (χ4n) is 2.98. The van der Waals surface area contributed by atoms with Crippen molar-refractivity contribution in [2.45, 2.75) is 6.92 Å². The molecule has 1 aromatic heterocycles. The predicted molar refractivity (Wildman–Crippen MR) is 93.4 cm³/mol. The van der Waals surface area contributed by atoms with Crippen LogP contribution in [0.3, 0.4) is 0 Å². The van der Waals surface area contributed by atoms with Gasteiger partial charge in [-0.15, -0.1) is 0 Å². The number of carbonyl (C=O) groups is 2. The van der Waals surface area contributed by atoms with Crippen molar-refractivity contribution < 1.29 is 14.3 Å². The molecular weight excluding hydrogens is 320 g/mol. The number of hydrogen-bond donors (Lipinski definition) is 0. The summed E-state index contributed by atoms with van der Waals surface area (Å²) in [6.45, 7) is 3.78. The lowest BCUT2D eigenvalue weighted by molar-refractivity contribution is -0.130. The van der Waals surface area contributed by atoms with Crippen LogP contribution < -0.4 is 4.74 Å². The number of carbonyl (C=O) groups excluding carboxylic acids is 2. The van der Waals surface area contributed by atoms with Gasteiger partial charge < -0.3 is 14.5 Å². The van der Waals surface area contributed by atoms with Crippen molar-refractivity contribution in [3.63, 3.8) is 0 Å². The van der Waals surface area contributed by atoms with Crippen molar-refractivity contribution in [1.29, 1.82) is 0 Å². The first-order valence-corrected chi connectivity index (χ1v) is 8.23. The van der Waals surface area contributed by atoms with Crippen LogP contribution in [0, 0.1) is 0 Å². The number of nitrogens with zero attached hydrogens (tertiary/aromatic N) is 4. The van der Waals surface area contributed by atoms with Gasteiger partial charge in [0.15, 0.2) is 0 Å². The zero-order valence-corrected chi connectivity index (χ0v) is 14.7. The molecule has 2 aromatic rings. The van der Waals surface area contributed by atoms with Gasteiger partial charge in [0, 0.05) is 45.7 Å². The quantitative estimate of drug-likeness (QED) is 0.846. The highest BCUT2D eigenvalue weighted by atomic mass is 16.5. The zero-order chi connectivity index (χ0) is 18.0. The Morgan fingerprint density at radius 2 is 1.76 bits per heavy atom. The minimum Gasteiger partial charge on any atom is -0.497 e. The number of amides is 2. The van der Waals surface area contributed by atoms with Gasteiger partial charge in [0.2, 0.25) is 5.91 Å². The van der Waals surface area contributed by atoms with Crippen molar-refractivity contribution in [2.24, 2.45) is 7.05 Å². The van der Waals surface area contributed by atoms with Gasteiger partial charge in [-0.25, -0.2) is 0 Å². The summed E-state index contributed by atoms with van der Waals surface area (Å²) in [5.41, 5.74) is 2.16. The summed E-state index contributed by atoms with van der Waals surface area (Å²) >= 11 is 0. The topological polar surface area (TPSA) is 67.7 Å². The third-order valence-electron chi connectivity index (χ3n) is 4.48. The Kier molecular flexibility index (Phi) is 4.74. The Labute approximate surface area is 146 Å². The summed E-state index contributed by atoms with van der Waals surface area (Å²) in [4.78, 5) is 27.7. The fourth-order valence-corrected chi connectivity index (χ4v) is 2.98. The number of ether oxygens (including phenoxy) is 1. The molecule has 0 radical (unpaired) electrons. The molecule has 3 rings (SSSR count). The number of aryl methyl sites for hydroxylation is 1. The van der Waals surface area contributed by atoms with Gasteiger partial charge >= 0.3 is 0 Å². The first-order chi connectivity index (χ1) is 12.0. The highest BCUT2D eigenvalue weighted by Crippen LogP contribution is 2.24. The van der Waals surface area contributed by atoms with Crippen LogP contribution in [0.15, 0.2) is 30.3 Å². The van der Waals surface area contributed by atoms with E-state index in [-0.39, 0.29) is 11.8 Å². The first kappa shape index (κ1) is 17.0. The summed E-state index contributed by atoms with van der Waals surface area (Å²) in [6, 6.07) is 9.39. The van der Waals surface area contributed by atoms with E-state index in [4.69, 9.17) is 4.74 Å². The summed E-state index contributed by atoms with van der Waals surface area (Å²) in [7, 11) is 3.38. The molecule has 1 aliphatic heterocycles. The second-order valence-electron chi connectivity index (χ2n) is 6.07. The highest BCUT2D eigenvalue weighted by molar-refractivity contribution is 5.94. The first-order valence-electron chi connectivity index (χ1n) is 8.23. The Morgan fingerprint density at radius 3 is 2.40 bits per heavy atom. The molecular formula is C18H22N4O3. The number of hydrogen-bond acceptors (Lipinski definition) is 4. The van der Waals surface area contributed by atoms with Crippen LogP contribution in [-0.4, -0.2) is 64.7 Å². The van der Waals surface area contributed by atoms with Gasteiger partial charge in [0.05, 0.1) is 12.8 Å². The van der Waals surface area contributed by atoms with Gasteiger partial charge in [-0.3, -0.25) is 14.3 Å². The Hall–Kier alpha value is -2.83. The summed E-state index contributed by atoms with van der Waals surface area (Å²) < 4.78 is 6.85. The second kappa shape index (κ2) is 6.96. The average Bonchev–Trinajstić information content (AvgIpc) is 3.03. The smallest absolute Gasteiger partial charge is 0.272 e. The maximum atomic E-state index is 12.8. The van der Waals surface area contributed by atoms with E-state index in [0.717, 1.165) is 17.0 Å². The van der Waals surface area contributed by atoms with Crippen molar-refractivity contribution in [3.05, 3.63) is 36.0 Å². The minimum atomic E-state index is -0.0626. The Morgan fingerprint density at radius 1 is 1.08 bits per heavy atom. The number of rotatable bonds is 3. The van der Waals surface area contributed by atoms with Gasteiger partial charge in [0.25, 0.3) is 5.91 Å². The normalized spacial score (nSPS) is 14.5. The molecule has 7 heteroatoms. The minimum absolute atomic E-state index is 0.0490. The van der Waals surface area contributed by atoms with Crippen LogP contribution in [-0.2, 0) is 11.8 Å². The molecule has 0 saturated carbocycles. The number of methoxy groups -OCH3 is 1. The van der Waals surface area contributed by atoms with E-state index in [2.05, 4.69) is 5.10 Å². The van der Waals surface area contributed by atoms with E-state index in [1.807, 2.05) is 24.3 Å². The molecule has 0 N–H and O–H groups in total. The molecule has 2 amide bonds. The molecule has 0 aliphatic carbocycles. The lowest BCUT2D eigenvalue weighted by atomic mass is 10.1. The summed E-state index contributed by atoms with van der Waals surface area (Å²) in [5, 5.41) is 4.46. The monoisotopic (exact) mass is 342 g/mol. The third kappa shape index (κ3) is 3.50. The maximum absolute atomic E-state index is 12.8. The van der Waals surface area contributed by atoms with Crippen molar-refractivity contribution >= 4 is 11.8 Å². The summed E-state index contributed by atoms with van der Waals surface area (Å²) in [5.74, 6) is 0.733. The van der Waals surface area contributed by atoms with E-state index in [1.54, 1.807) is 41.6 Å². The lowest BCUT2D eigenvalue weighted by Gasteiger charge is -2.34. The molecule has 0 spiro atoms. The molecule has 0 unspecified atom stereocenters. The standard InChI is InChI=1S/C18H22N4O3/c1-13(23)21-7-9-22(10-8-21)18(24)17-12-16(19-20(17)2)14-5-4-6-15(11-14)25-3/h4-6,11-12H,7-10H2,1-3H3. The van der Waals surface area contributed by atoms with Crippen LogP contribution in [0.5, 0.6) is 5.75 Å². The predicted octanol–water partition coefficient (Wildman–Crippen LogP) is 1.40. The van der Waals surface area contributed by atoms with E-state index in [0.29, 0.717) is 31.9 Å². The van der Waals surface area contributed by atoms with Crippen LogP contribution in [0.1, 0.15) is 17.4 Å². The number of benzene rings is 1. The van der Waals surface area contributed by atoms with Crippen molar-refractivity contribution in [3.8, 4) is 17.0 Å². The Bertz CT molecular complexity index is 791. The second-order valence-corrected chi connectivity index (χ2v) is 6.07. The van der Waals surface area contributed by atoms with Crippen LogP contribution in [0.25, 0.3) is 11.3 Å². The zero-order valence-electron chi connectivity index (χ0n) is 14.7. The summed E-state index contributed by atoms with van der Waals surface area (Å²) in [6.07, 6.45) is 0. The van der Waals surface area contributed by atoms with Crippen LogP contribution in [0.2, 0.25) is 0 Å². The molecule has 1 aliphatic rings. The molecule has 1 fully saturated rings. The maximum Gasteiger partial charge on any atom is 0.272 e. The van der Waals surface area contributed by atoms with Gasteiger partial charge in [-0.1, -0.05) is 12.1 Å². The average molecular weight is 342 g/mol. The molecule has 0 atom stereocenters. The molecule has 25 heavy (non-hydrogen) atoms. The largest absolute Gasteiger partial charge is 0.497 e. The molecule has 0 bridgehead atoms. The van der Waals surface area contributed by atoms with Crippen molar-refractivity contribution in [1.82, 2.24) is 19.6 Å². The van der Waals surface area contributed by atoms with Crippen LogP contribution in [0.4, 0.5) is 0 Å². The molecule has 1 aromatic carbocycles. The van der Waals surface area contributed by atoms with Crippen LogP contribution >= 0.6 is 0 Å². The van der Waals surface area contributed by atoms with E-state index in [9.17, 15) is 9.59 Å². The van der Waals surface area contributed by atoms with Gasteiger partial charge in [-0.05, 0) is 18.2 Å². The van der Waals surface area contributed by atoms with Gasteiger partial charge in [-0.2, -0.15) is 5.10 Å². The van der Waals surface area contributed by atoms with E-state index >= 15 is 0 Å². The number of piperazine rings is 1. The van der Waals surface area contributed by atoms with Crippen molar-refractivity contribution in [2.75, 3.05) is 33.3 Å². The van der Waals surface area contributed by atoms with E-state index < -0.39 is 0 Å². The fraction of sp³-hybridized carbons (Fsp3) is 0.389. The SMILES string of the molecule is COc1cccc(-c2cc(C(=O)N3CCN(C(C)=O)CC3)n(C)n2)c1. The molecule has 132 valence electrons. The lowest BCUT2D eigenvalue weighted by Crippen LogP contribution is -2.50. The molecule has 7 nitrogen and oxygen atoms in total. The highest BCUT2D eigenvalue weighted by Gasteiger charge is 2.25. The Balaban J connectivity index is 1.78. The number of aromatic nitrogens is 2.